The average Bonchev–Trinajstić information content (AvgIpc) is 2.82. The number of aryl methyl sites for hydroxylation is 1. The number of nitrogens with one attached hydrogen (secondary N) is 2. The lowest BCUT2D eigenvalue weighted by Gasteiger charge is -2.14. The van der Waals surface area contributed by atoms with Crippen LogP contribution in [0.5, 0.6) is 0 Å². The Kier molecular flexibility index (Phi) is 5.29. The van der Waals surface area contributed by atoms with Gasteiger partial charge in [-0.05, 0) is 51.0 Å². The highest BCUT2D eigenvalue weighted by atomic mass is 19.2. The Hall–Kier alpha value is -2.34. The Morgan fingerprint density at radius 3 is 2.42 bits per heavy atom. The van der Waals surface area contributed by atoms with Gasteiger partial charge in [0.05, 0.1) is 12.2 Å². The maximum atomic E-state index is 13.3. The number of carbonyl (C=O) groups is 2. The van der Waals surface area contributed by atoms with Crippen molar-refractivity contribution in [2.24, 2.45) is 0 Å². The molecule has 0 aliphatic rings. The van der Waals surface area contributed by atoms with Gasteiger partial charge < -0.3 is 10.3 Å². The summed E-state index contributed by atoms with van der Waals surface area (Å²) < 4.78 is 26.2. The summed E-state index contributed by atoms with van der Waals surface area (Å²) in [6.07, 6.45) is 0. The van der Waals surface area contributed by atoms with Crippen molar-refractivity contribution in [3.63, 3.8) is 0 Å². The Balaban J connectivity index is 2.09. The topological polar surface area (TPSA) is 62.0 Å². The maximum absolute atomic E-state index is 13.3. The summed E-state index contributed by atoms with van der Waals surface area (Å²) >= 11 is 0. The minimum atomic E-state index is -0.922. The standard InChI is InChI=1S/C18H20F2N2O2/c1-9-17(12(4)23)11(3)22-18(9)16(24)8-21-10(2)13-5-6-14(19)15(20)7-13/h5-7,10,21-22H,8H2,1-4H3/t10-/m0/s1. The van der Waals surface area contributed by atoms with Gasteiger partial charge in [0, 0.05) is 17.3 Å². The van der Waals surface area contributed by atoms with Crippen LogP contribution in [0.2, 0.25) is 0 Å². The first-order chi connectivity index (χ1) is 11.2. The second kappa shape index (κ2) is 7.05. The number of aromatic amines is 1. The molecule has 128 valence electrons. The Bertz CT molecular complexity index is 797. The van der Waals surface area contributed by atoms with Gasteiger partial charge in [0.15, 0.2) is 23.2 Å². The summed E-state index contributed by atoms with van der Waals surface area (Å²) in [6.45, 7) is 6.71. The molecule has 1 atom stereocenters. The molecular formula is C18H20F2N2O2. The van der Waals surface area contributed by atoms with E-state index in [1.807, 2.05) is 0 Å². The van der Waals surface area contributed by atoms with Crippen molar-refractivity contribution in [2.75, 3.05) is 6.54 Å². The van der Waals surface area contributed by atoms with Crippen molar-refractivity contribution in [1.29, 1.82) is 0 Å². The molecule has 0 bridgehead atoms. The predicted molar refractivity (Wildman–Crippen MR) is 87.4 cm³/mol. The second-order valence-corrected chi connectivity index (χ2v) is 5.88. The summed E-state index contributed by atoms with van der Waals surface area (Å²) in [5, 5.41) is 2.99. The molecule has 0 spiro atoms. The number of ketones is 2. The number of H-pyrrole nitrogens is 1. The third kappa shape index (κ3) is 3.59. The number of hydrogen-bond acceptors (Lipinski definition) is 3. The van der Waals surface area contributed by atoms with Gasteiger partial charge in [-0.1, -0.05) is 6.07 Å². The van der Waals surface area contributed by atoms with Gasteiger partial charge in [-0.2, -0.15) is 0 Å². The third-order valence-electron chi connectivity index (χ3n) is 4.08. The highest BCUT2D eigenvalue weighted by Crippen LogP contribution is 2.20. The Labute approximate surface area is 139 Å². The fraction of sp³-hybridized carbons (Fsp3) is 0.333. The number of Topliss-reactive ketones (excluding diaryl/α,β-unsaturated/α-hetero) is 2. The summed E-state index contributed by atoms with van der Waals surface area (Å²) in [5.74, 6) is -2.12. The summed E-state index contributed by atoms with van der Waals surface area (Å²) in [5.41, 5.74) is 2.77. The van der Waals surface area contributed by atoms with Gasteiger partial charge >= 0.3 is 0 Å². The average molecular weight is 334 g/mol. The number of aromatic nitrogens is 1. The van der Waals surface area contributed by atoms with Crippen LogP contribution in [0.15, 0.2) is 18.2 Å². The summed E-state index contributed by atoms with van der Waals surface area (Å²) in [4.78, 5) is 26.9. The molecule has 0 amide bonds. The third-order valence-corrected chi connectivity index (χ3v) is 4.08. The minimum Gasteiger partial charge on any atom is -0.355 e. The van der Waals surface area contributed by atoms with Crippen LogP contribution >= 0.6 is 0 Å². The predicted octanol–water partition coefficient (Wildman–Crippen LogP) is 3.65. The lowest BCUT2D eigenvalue weighted by molar-refractivity contribution is 0.0982. The number of halogens is 2. The molecule has 24 heavy (non-hydrogen) atoms. The van der Waals surface area contributed by atoms with Gasteiger partial charge in [-0.3, -0.25) is 9.59 Å². The van der Waals surface area contributed by atoms with E-state index in [9.17, 15) is 18.4 Å². The van der Waals surface area contributed by atoms with E-state index in [0.29, 0.717) is 28.1 Å². The zero-order valence-corrected chi connectivity index (χ0v) is 14.1. The number of hydrogen-bond donors (Lipinski definition) is 2. The first-order valence-electron chi connectivity index (χ1n) is 7.64. The molecule has 0 aliphatic carbocycles. The van der Waals surface area contributed by atoms with E-state index in [1.54, 1.807) is 20.8 Å². The molecule has 0 radical (unpaired) electrons. The molecule has 2 aromatic rings. The monoisotopic (exact) mass is 334 g/mol. The van der Waals surface area contributed by atoms with Gasteiger partial charge in [-0.15, -0.1) is 0 Å². The highest BCUT2D eigenvalue weighted by molar-refractivity contribution is 6.03. The van der Waals surface area contributed by atoms with Crippen molar-refractivity contribution in [3.05, 3.63) is 57.9 Å². The van der Waals surface area contributed by atoms with Gasteiger partial charge in [0.25, 0.3) is 0 Å². The molecule has 1 aromatic heterocycles. The fourth-order valence-electron chi connectivity index (χ4n) is 2.79. The van der Waals surface area contributed by atoms with Crippen molar-refractivity contribution in [3.8, 4) is 0 Å². The lowest BCUT2D eigenvalue weighted by Crippen LogP contribution is -2.26. The number of benzene rings is 1. The second-order valence-electron chi connectivity index (χ2n) is 5.88. The highest BCUT2D eigenvalue weighted by Gasteiger charge is 2.20. The lowest BCUT2D eigenvalue weighted by atomic mass is 10.0. The normalized spacial score (nSPS) is 12.2. The van der Waals surface area contributed by atoms with E-state index in [1.165, 1.54) is 13.0 Å². The van der Waals surface area contributed by atoms with Crippen molar-refractivity contribution in [2.45, 2.75) is 33.7 Å². The minimum absolute atomic E-state index is 0.0122. The van der Waals surface area contributed by atoms with Crippen LogP contribution in [0.3, 0.4) is 0 Å². The van der Waals surface area contributed by atoms with Crippen LogP contribution in [-0.4, -0.2) is 23.1 Å². The molecule has 2 rings (SSSR count). The van der Waals surface area contributed by atoms with E-state index in [0.717, 1.165) is 12.1 Å². The molecule has 0 fully saturated rings. The van der Waals surface area contributed by atoms with Crippen LogP contribution in [-0.2, 0) is 0 Å². The van der Waals surface area contributed by atoms with E-state index in [2.05, 4.69) is 10.3 Å². The quantitative estimate of drug-likeness (QED) is 0.793. The van der Waals surface area contributed by atoms with Crippen LogP contribution in [0.4, 0.5) is 8.78 Å². The fourth-order valence-corrected chi connectivity index (χ4v) is 2.79. The first kappa shape index (κ1) is 18.0. The van der Waals surface area contributed by atoms with E-state index >= 15 is 0 Å². The molecule has 0 unspecified atom stereocenters. The van der Waals surface area contributed by atoms with Gasteiger partial charge in [0.1, 0.15) is 0 Å². The molecule has 0 saturated carbocycles. The van der Waals surface area contributed by atoms with E-state index in [4.69, 9.17) is 0 Å². The molecular weight excluding hydrogens is 314 g/mol. The number of rotatable bonds is 6. The SMILES string of the molecule is CC(=O)c1c(C)[nH]c(C(=O)CN[C@@H](C)c2ccc(F)c(F)c2)c1C. The summed E-state index contributed by atoms with van der Waals surface area (Å²) in [6, 6.07) is 3.31. The molecule has 1 aromatic carbocycles. The van der Waals surface area contributed by atoms with Crippen LogP contribution in [0.25, 0.3) is 0 Å². The van der Waals surface area contributed by atoms with Crippen molar-refractivity contribution >= 4 is 11.6 Å². The first-order valence-corrected chi connectivity index (χ1v) is 7.64. The van der Waals surface area contributed by atoms with Crippen LogP contribution in [0, 0.1) is 25.5 Å². The van der Waals surface area contributed by atoms with E-state index in [-0.39, 0.29) is 24.2 Å². The molecule has 2 N–H and O–H groups in total. The van der Waals surface area contributed by atoms with Crippen molar-refractivity contribution < 1.29 is 18.4 Å². The maximum Gasteiger partial charge on any atom is 0.193 e. The van der Waals surface area contributed by atoms with Gasteiger partial charge in [-0.25, -0.2) is 8.78 Å². The van der Waals surface area contributed by atoms with E-state index < -0.39 is 11.6 Å². The molecule has 6 heteroatoms. The van der Waals surface area contributed by atoms with Crippen LogP contribution < -0.4 is 5.32 Å². The van der Waals surface area contributed by atoms with Crippen LogP contribution in [0.1, 0.15) is 57.6 Å². The summed E-state index contributed by atoms with van der Waals surface area (Å²) in [7, 11) is 0. The van der Waals surface area contributed by atoms with Gasteiger partial charge in [0.2, 0.25) is 0 Å². The molecule has 0 saturated heterocycles. The Morgan fingerprint density at radius 2 is 1.88 bits per heavy atom. The molecule has 4 nitrogen and oxygen atoms in total. The molecule has 0 aliphatic heterocycles. The molecule has 1 heterocycles. The zero-order valence-electron chi connectivity index (χ0n) is 14.1. The zero-order chi connectivity index (χ0) is 18.0. The van der Waals surface area contributed by atoms with Crippen molar-refractivity contribution in [1.82, 2.24) is 10.3 Å². The smallest absolute Gasteiger partial charge is 0.193 e. The largest absolute Gasteiger partial charge is 0.355 e. The number of carbonyl (C=O) groups excluding carboxylic acids is 2. The Morgan fingerprint density at radius 1 is 1.21 bits per heavy atom.